The Balaban J connectivity index is 1.83. The van der Waals surface area contributed by atoms with Crippen LogP contribution in [0.15, 0.2) is 53.6 Å². The summed E-state index contributed by atoms with van der Waals surface area (Å²) < 4.78 is 60.6. The van der Waals surface area contributed by atoms with Gasteiger partial charge in [0.05, 0.1) is 17.5 Å². The van der Waals surface area contributed by atoms with Gasteiger partial charge in [0.15, 0.2) is 9.84 Å². The lowest BCUT2D eigenvalue weighted by Crippen LogP contribution is -2.25. The number of nitrogens with one attached hydrogen (secondary N) is 1. The first-order chi connectivity index (χ1) is 18.1. The molecule has 0 radical (unpaired) electrons. The van der Waals surface area contributed by atoms with Gasteiger partial charge in [-0.2, -0.15) is 0 Å². The zero-order valence-electron chi connectivity index (χ0n) is 21.4. The molecule has 2 aromatic carbocycles. The Morgan fingerprint density at radius 2 is 1.84 bits per heavy atom. The van der Waals surface area contributed by atoms with E-state index in [1.54, 1.807) is 37.6 Å². The summed E-state index contributed by atoms with van der Waals surface area (Å²) >= 11 is 0. The smallest absolute Gasteiger partial charge is 0.274 e. The van der Waals surface area contributed by atoms with Gasteiger partial charge in [0, 0.05) is 72.7 Å². The average Bonchev–Trinajstić information content (AvgIpc) is 3.25. The van der Waals surface area contributed by atoms with Crippen LogP contribution < -0.4 is 10.5 Å². The van der Waals surface area contributed by atoms with E-state index < -0.39 is 27.5 Å². The maximum absolute atomic E-state index is 15.4. The largest absolute Gasteiger partial charge is 0.382 e. The number of sulfone groups is 1. The SMILES string of the molecule is CCOCCCC1c2c[nH]c3c(=O)n(C)cc(c23)-c2cc(CS(C)(=O)=O)ccc2N1c1ccc(F)cc1F. The molecule has 0 saturated heterocycles. The number of halogens is 2. The fourth-order valence-electron chi connectivity index (χ4n) is 5.35. The van der Waals surface area contributed by atoms with Crippen molar-refractivity contribution in [2.75, 3.05) is 24.4 Å². The second-order valence-corrected chi connectivity index (χ2v) is 11.8. The molecule has 5 rings (SSSR count). The van der Waals surface area contributed by atoms with E-state index in [1.165, 1.54) is 23.0 Å². The van der Waals surface area contributed by atoms with Crippen molar-refractivity contribution in [2.24, 2.45) is 7.05 Å². The van der Waals surface area contributed by atoms with Gasteiger partial charge >= 0.3 is 0 Å². The molecule has 0 amide bonds. The van der Waals surface area contributed by atoms with E-state index in [1.807, 2.05) is 11.8 Å². The van der Waals surface area contributed by atoms with Gasteiger partial charge in [0.25, 0.3) is 5.56 Å². The summed E-state index contributed by atoms with van der Waals surface area (Å²) in [5, 5.41) is 0.706. The summed E-state index contributed by atoms with van der Waals surface area (Å²) in [5.74, 6) is -1.58. The van der Waals surface area contributed by atoms with Crippen LogP contribution in [0, 0.1) is 11.6 Å². The van der Waals surface area contributed by atoms with Crippen molar-refractivity contribution >= 4 is 32.1 Å². The number of nitrogens with zero attached hydrogens (tertiary/aromatic N) is 2. The van der Waals surface area contributed by atoms with E-state index in [9.17, 15) is 17.6 Å². The molecule has 1 unspecified atom stereocenters. The number of pyridine rings is 1. The highest BCUT2D eigenvalue weighted by Gasteiger charge is 2.34. The lowest BCUT2D eigenvalue weighted by molar-refractivity contribution is 0.142. The van der Waals surface area contributed by atoms with Crippen molar-refractivity contribution in [3.63, 3.8) is 0 Å². The number of aryl methyl sites for hydroxylation is 1. The van der Waals surface area contributed by atoms with Gasteiger partial charge in [-0.3, -0.25) is 4.79 Å². The van der Waals surface area contributed by atoms with Crippen LogP contribution >= 0.6 is 0 Å². The molecule has 4 aromatic rings. The van der Waals surface area contributed by atoms with E-state index in [0.717, 1.165) is 17.2 Å². The van der Waals surface area contributed by atoms with Gasteiger partial charge in [-0.1, -0.05) is 6.07 Å². The van der Waals surface area contributed by atoms with Crippen LogP contribution in [0.4, 0.5) is 20.2 Å². The predicted octanol–water partition coefficient (Wildman–Crippen LogP) is 5.37. The predicted molar refractivity (Wildman–Crippen MR) is 144 cm³/mol. The molecule has 10 heteroatoms. The maximum atomic E-state index is 15.4. The minimum atomic E-state index is -3.33. The Bertz CT molecular complexity index is 1690. The van der Waals surface area contributed by atoms with Crippen LogP contribution in [0.25, 0.3) is 22.0 Å². The van der Waals surface area contributed by atoms with Crippen LogP contribution in [0.3, 0.4) is 0 Å². The Morgan fingerprint density at radius 3 is 2.55 bits per heavy atom. The van der Waals surface area contributed by atoms with Crippen molar-refractivity contribution in [3.8, 4) is 11.1 Å². The third kappa shape index (κ3) is 4.74. The fourth-order valence-corrected chi connectivity index (χ4v) is 6.13. The summed E-state index contributed by atoms with van der Waals surface area (Å²) in [4.78, 5) is 18.0. The lowest BCUT2D eigenvalue weighted by atomic mass is 9.97. The van der Waals surface area contributed by atoms with Crippen molar-refractivity contribution in [2.45, 2.75) is 31.6 Å². The van der Waals surface area contributed by atoms with Gasteiger partial charge in [-0.25, -0.2) is 17.2 Å². The summed E-state index contributed by atoms with van der Waals surface area (Å²) in [7, 11) is -1.67. The number of hydrogen-bond acceptors (Lipinski definition) is 5. The molecule has 0 aliphatic carbocycles. The van der Waals surface area contributed by atoms with Crippen molar-refractivity contribution < 1.29 is 21.9 Å². The monoisotopic (exact) mass is 541 g/mol. The quantitative estimate of drug-likeness (QED) is 0.304. The molecule has 2 aromatic heterocycles. The minimum Gasteiger partial charge on any atom is -0.382 e. The molecule has 7 nitrogen and oxygen atoms in total. The van der Waals surface area contributed by atoms with Crippen LogP contribution in [0.2, 0.25) is 0 Å². The normalized spacial score (nSPS) is 15.1. The Labute approximate surface area is 219 Å². The van der Waals surface area contributed by atoms with Crippen LogP contribution in [0.1, 0.15) is 36.9 Å². The molecule has 1 atom stereocenters. The average molecular weight is 542 g/mol. The Morgan fingerprint density at radius 1 is 1.08 bits per heavy atom. The highest BCUT2D eigenvalue weighted by atomic mass is 32.2. The third-order valence-corrected chi connectivity index (χ3v) is 7.74. The highest BCUT2D eigenvalue weighted by molar-refractivity contribution is 7.89. The minimum absolute atomic E-state index is 0.169. The molecule has 1 aliphatic heterocycles. The van der Waals surface area contributed by atoms with Crippen molar-refractivity contribution in [1.82, 2.24) is 9.55 Å². The number of ether oxygens (including phenoxy) is 1. The number of anilines is 2. The van der Waals surface area contributed by atoms with Crippen LogP contribution in [-0.4, -0.2) is 37.4 Å². The van der Waals surface area contributed by atoms with Gasteiger partial charge in [0.1, 0.15) is 17.2 Å². The topological polar surface area (TPSA) is 84.4 Å². The first-order valence-electron chi connectivity index (χ1n) is 12.4. The summed E-state index contributed by atoms with van der Waals surface area (Å²) in [6.07, 6.45) is 5.89. The lowest BCUT2D eigenvalue weighted by Gasteiger charge is -2.34. The van der Waals surface area contributed by atoms with Gasteiger partial charge < -0.3 is 19.2 Å². The van der Waals surface area contributed by atoms with Crippen LogP contribution in [-0.2, 0) is 27.4 Å². The molecule has 1 aliphatic rings. The number of hydrogen-bond donors (Lipinski definition) is 1. The molecular weight excluding hydrogens is 512 g/mol. The first kappa shape index (κ1) is 26.1. The molecule has 0 spiro atoms. The molecule has 200 valence electrons. The van der Waals surface area contributed by atoms with Gasteiger partial charge in [-0.05, 0) is 49.6 Å². The number of rotatable bonds is 8. The molecule has 38 heavy (non-hydrogen) atoms. The second-order valence-electron chi connectivity index (χ2n) is 9.70. The molecule has 1 N–H and O–H groups in total. The highest BCUT2D eigenvalue weighted by Crippen LogP contribution is 2.50. The first-order valence-corrected chi connectivity index (χ1v) is 14.5. The Kier molecular flexibility index (Phi) is 6.87. The molecular formula is C28H29F2N3O4S. The molecule has 0 saturated carbocycles. The van der Waals surface area contributed by atoms with E-state index in [2.05, 4.69) is 4.98 Å². The summed E-state index contributed by atoms with van der Waals surface area (Å²) in [6.45, 7) is 2.99. The fraction of sp³-hybridized carbons (Fsp3) is 0.321. The van der Waals surface area contributed by atoms with E-state index in [-0.39, 0.29) is 17.0 Å². The van der Waals surface area contributed by atoms with E-state index in [4.69, 9.17) is 4.74 Å². The number of aromatic amines is 1. The van der Waals surface area contributed by atoms with E-state index in [0.29, 0.717) is 53.8 Å². The van der Waals surface area contributed by atoms with Crippen molar-refractivity contribution in [1.29, 1.82) is 0 Å². The second kappa shape index (κ2) is 9.99. The number of benzene rings is 2. The zero-order valence-corrected chi connectivity index (χ0v) is 22.2. The van der Waals surface area contributed by atoms with Gasteiger partial charge in [-0.15, -0.1) is 0 Å². The zero-order chi connectivity index (χ0) is 27.2. The third-order valence-electron chi connectivity index (χ3n) is 6.89. The number of H-pyrrole nitrogens is 1. The number of aromatic nitrogens is 2. The standard InChI is InChI=1S/C28H29F2N3O4S/c1-4-37-11-5-6-23-20-14-31-27-26(20)21(15-32(2)28(27)34)19-12-17(16-38(3,35)36)7-9-24(19)33(23)25-10-8-18(29)13-22(25)30/h7-10,12-15,23,31H,4-6,11,16H2,1-3H3. The van der Waals surface area contributed by atoms with Crippen LogP contribution in [0.5, 0.6) is 0 Å². The van der Waals surface area contributed by atoms with E-state index >= 15 is 4.39 Å². The Hall–Kier alpha value is -3.50. The molecule has 0 fully saturated rings. The maximum Gasteiger partial charge on any atom is 0.274 e. The number of fused-ring (bicyclic) bond motifs is 2. The molecule has 0 bridgehead atoms. The molecule has 3 heterocycles. The van der Waals surface area contributed by atoms with Gasteiger partial charge in [0.2, 0.25) is 0 Å². The van der Waals surface area contributed by atoms with Crippen molar-refractivity contribution in [3.05, 3.63) is 81.9 Å². The summed E-state index contributed by atoms with van der Waals surface area (Å²) in [6, 6.07) is 8.33. The summed E-state index contributed by atoms with van der Waals surface area (Å²) in [5.41, 5.74) is 3.76.